The molecular formula is C15H27N3. The van der Waals surface area contributed by atoms with E-state index in [1.165, 1.54) is 25.0 Å². The van der Waals surface area contributed by atoms with E-state index in [2.05, 4.69) is 37.2 Å². The largest absolute Gasteiger partial charge is 0.330 e. The molecule has 3 nitrogen and oxygen atoms in total. The number of nitrogens with zero attached hydrogens (tertiary/aromatic N) is 2. The van der Waals surface area contributed by atoms with Gasteiger partial charge >= 0.3 is 0 Å². The average molecular weight is 249 g/mol. The Bertz CT molecular complexity index is 373. The minimum absolute atomic E-state index is 0.0973. The van der Waals surface area contributed by atoms with E-state index in [4.69, 9.17) is 5.73 Å². The van der Waals surface area contributed by atoms with Gasteiger partial charge in [-0.15, -0.1) is 0 Å². The second-order valence-electron chi connectivity index (χ2n) is 6.57. The number of rotatable bonds is 3. The Kier molecular flexibility index (Phi) is 4.10. The summed E-state index contributed by atoms with van der Waals surface area (Å²) in [7, 11) is 0. The highest BCUT2D eigenvalue weighted by Gasteiger charge is 2.27. The van der Waals surface area contributed by atoms with Gasteiger partial charge in [-0.05, 0) is 37.0 Å². The Labute approximate surface area is 111 Å². The van der Waals surface area contributed by atoms with Crippen LogP contribution in [0.2, 0.25) is 0 Å². The Balaban J connectivity index is 2.20. The van der Waals surface area contributed by atoms with Crippen molar-refractivity contribution < 1.29 is 0 Å². The molecule has 0 amide bonds. The molecule has 2 rings (SSSR count). The fourth-order valence-corrected chi connectivity index (χ4v) is 3.35. The molecular weight excluding hydrogens is 222 g/mol. The van der Waals surface area contributed by atoms with Crippen LogP contribution in [0.1, 0.15) is 64.7 Å². The quantitative estimate of drug-likeness (QED) is 0.890. The summed E-state index contributed by atoms with van der Waals surface area (Å²) < 4.78 is 2.34. The maximum absolute atomic E-state index is 6.30. The molecule has 18 heavy (non-hydrogen) atoms. The summed E-state index contributed by atoms with van der Waals surface area (Å²) in [6, 6.07) is 0.686. The van der Waals surface area contributed by atoms with Crippen LogP contribution in [0.3, 0.4) is 0 Å². The van der Waals surface area contributed by atoms with Crippen LogP contribution in [0.25, 0.3) is 0 Å². The van der Waals surface area contributed by atoms with Crippen LogP contribution in [0.4, 0.5) is 0 Å². The van der Waals surface area contributed by atoms with Crippen molar-refractivity contribution in [2.24, 2.45) is 23.5 Å². The third kappa shape index (κ3) is 2.77. The maximum Gasteiger partial charge on any atom is 0.0951 e. The first-order valence-corrected chi connectivity index (χ1v) is 7.26. The third-order valence-corrected chi connectivity index (χ3v) is 4.30. The molecule has 0 radical (unpaired) electrons. The van der Waals surface area contributed by atoms with Crippen LogP contribution >= 0.6 is 0 Å². The van der Waals surface area contributed by atoms with E-state index in [-0.39, 0.29) is 6.04 Å². The summed E-state index contributed by atoms with van der Waals surface area (Å²) in [4.78, 5) is 4.33. The second kappa shape index (κ2) is 5.43. The number of aromatic nitrogens is 2. The molecule has 0 bridgehead atoms. The van der Waals surface area contributed by atoms with Crippen molar-refractivity contribution in [1.82, 2.24) is 9.55 Å². The Morgan fingerprint density at radius 2 is 1.83 bits per heavy atom. The molecule has 1 saturated carbocycles. The fourth-order valence-electron chi connectivity index (χ4n) is 3.35. The highest BCUT2D eigenvalue weighted by Crippen LogP contribution is 2.37. The Hall–Kier alpha value is -0.830. The monoisotopic (exact) mass is 249 g/mol. The van der Waals surface area contributed by atoms with Crippen molar-refractivity contribution in [3.63, 3.8) is 0 Å². The molecule has 2 N–H and O–H groups in total. The molecule has 1 heterocycles. The fraction of sp³-hybridized carbons (Fsp3) is 0.800. The van der Waals surface area contributed by atoms with Crippen LogP contribution < -0.4 is 5.73 Å². The van der Waals surface area contributed by atoms with E-state index in [0.717, 1.165) is 11.8 Å². The second-order valence-corrected chi connectivity index (χ2v) is 6.57. The van der Waals surface area contributed by atoms with Crippen LogP contribution in [0, 0.1) is 17.8 Å². The minimum Gasteiger partial charge on any atom is -0.330 e. The van der Waals surface area contributed by atoms with Crippen molar-refractivity contribution in [3.8, 4) is 0 Å². The molecule has 1 aliphatic carbocycles. The highest BCUT2D eigenvalue weighted by molar-refractivity contribution is 5.07. The molecule has 3 unspecified atom stereocenters. The van der Waals surface area contributed by atoms with Crippen LogP contribution in [-0.4, -0.2) is 9.55 Å². The van der Waals surface area contributed by atoms with Crippen LogP contribution in [0.15, 0.2) is 12.5 Å². The summed E-state index contributed by atoms with van der Waals surface area (Å²) in [6.45, 7) is 9.07. The standard InChI is InChI=1S/C15H27N3/c1-10(2)15(16)14-8-17-9-18(14)13-6-11(3)5-12(4)7-13/h8-13,15H,5-7,16H2,1-4H3. The minimum atomic E-state index is 0.0973. The first-order chi connectivity index (χ1) is 8.49. The van der Waals surface area contributed by atoms with Gasteiger partial charge in [-0.1, -0.05) is 27.7 Å². The summed E-state index contributed by atoms with van der Waals surface area (Å²) in [5, 5.41) is 0. The SMILES string of the molecule is CC1CC(C)CC(n2cncc2C(N)C(C)C)C1. The van der Waals surface area contributed by atoms with Gasteiger partial charge in [0, 0.05) is 18.3 Å². The van der Waals surface area contributed by atoms with Crippen molar-refractivity contribution >= 4 is 0 Å². The topological polar surface area (TPSA) is 43.8 Å². The lowest BCUT2D eigenvalue weighted by molar-refractivity contribution is 0.215. The third-order valence-electron chi connectivity index (χ3n) is 4.30. The summed E-state index contributed by atoms with van der Waals surface area (Å²) >= 11 is 0. The normalized spacial score (nSPS) is 30.7. The predicted molar refractivity (Wildman–Crippen MR) is 75.2 cm³/mol. The van der Waals surface area contributed by atoms with Crippen molar-refractivity contribution in [2.75, 3.05) is 0 Å². The molecule has 102 valence electrons. The molecule has 0 aromatic carbocycles. The summed E-state index contributed by atoms with van der Waals surface area (Å²) in [6.07, 6.45) is 7.81. The van der Waals surface area contributed by atoms with Gasteiger partial charge in [0.15, 0.2) is 0 Å². The molecule has 3 atom stereocenters. The van der Waals surface area contributed by atoms with Gasteiger partial charge in [-0.3, -0.25) is 0 Å². The number of hydrogen-bond acceptors (Lipinski definition) is 2. The molecule has 0 saturated heterocycles. The van der Waals surface area contributed by atoms with Crippen LogP contribution in [-0.2, 0) is 0 Å². The van der Waals surface area contributed by atoms with Gasteiger partial charge in [-0.25, -0.2) is 4.98 Å². The molecule has 1 aromatic heterocycles. The molecule has 3 heteroatoms. The van der Waals surface area contributed by atoms with E-state index in [1.54, 1.807) is 0 Å². The van der Waals surface area contributed by atoms with Gasteiger partial charge < -0.3 is 10.3 Å². The maximum atomic E-state index is 6.30. The van der Waals surface area contributed by atoms with Crippen molar-refractivity contribution in [2.45, 2.75) is 59.0 Å². The van der Waals surface area contributed by atoms with E-state index in [9.17, 15) is 0 Å². The van der Waals surface area contributed by atoms with E-state index in [1.807, 2.05) is 12.5 Å². The van der Waals surface area contributed by atoms with Crippen molar-refractivity contribution in [3.05, 3.63) is 18.2 Å². The van der Waals surface area contributed by atoms with Gasteiger partial charge in [0.1, 0.15) is 0 Å². The zero-order chi connectivity index (χ0) is 13.3. The smallest absolute Gasteiger partial charge is 0.0951 e. The summed E-state index contributed by atoms with van der Waals surface area (Å²) in [5.41, 5.74) is 7.50. The molecule has 1 aromatic rings. The van der Waals surface area contributed by atoms with Crippen molar-refractivity contribution in [1.29, 1.82) is 0 Å². The van der Waals surface area contributed by atoms with Gasteiger partial charge in [0.2, 0.25) is 0 Å². The van der Waals surface area contributed by atoms with E-state index >= 15 is 0 Å². The first kappa shape index (κ1) is 13.6. The highest BCUT2D eigenvalue weighted by atomic mass is 15.1. The lowest BCUT2D eigenvalue weighted by Crippen LogP contribution is -2.27. The lowest BCUT2D eigenvalue weighted by atomic mass is 9.80. The molecule has 0 spiro atoms. The van der Waals surface area contributed by atoms with Gasteiger partial charge in [0.05, 0.1) is 12.0 Å². The van der Waals surface area contributed by atoms with Gasteiger partial charge in [-0.2, -0.15) is 0 Å². The van der Waals surface area contributed by atoms with E-state index in [0.29, 0.717) is 12.0 Å². The number of imidazole rings is 1. The lowest BCUT2D eigenvalue weighted by Gasteiger charge is -2.34. The zero-order valence-corrected chi connectivity index (χ0v) is 12.1. The molecule has 0 aliphatic heterocycles. The van der Waals surface area contributed by atoms with E-state index < -0.39 is 0 Å². The zero-order valence-electron chi connectivity index (χ0n) is 12.1. The number of hydrogen-bond donors (Lipinski definition) is 1. The van der Waals surface area contributed by atoms with Gasteiger partial charge in [0.25, 0.3) is 0 Å². The average Bonchev–Trinajstić information content (AvgIpc) is 2.75. The predicted octanol–water partition coefficient (Wildman–Crippen LogP) is 3.54. The Morgan fingerprint density at radius 1 is 1.22 bits per heavy atom. The summed E-state index contributed by atoms with van der Waals surface area (Å²) in [5.74, 6) is 2.08. The van der Waals surface area contributed by atoms with Crippen LogP contribution in [0.5, 0.6) is 0 Å². The number of nitrogens with two attached hydrogens (primary N) is 1. The first-order valence-electron chi connectivity index (χ1n) is 7.26. The molecule has 1 fully saturated rings. The molecule has 1 aliphatic rings. The Morgan fingerprint density at radius 3 is 2.39 bits per heavy atom.